The molecule has 2 N–H and O–H groups in total. The van der Waals surface area contributed by atoms with Crippen molar-refractivity contribution in [2.45, 2.75) is 38.7 Å². The second kappa shape index (κ2) is 6.43. The Balaban J connectivity index is 2.43. The van der Waals surface area contributed by atoms with Crippen LogP contribution >= 0.6 is 0 Å². The molecule has 0 saturated carbocycles. The van der Waals surface area contributed by atoms with Crippen LogP contribution in [0.2, 0.25) is 0 Å². The third-order valence-electron chi connectivity index (χ3n) is 3.35. The Bertz CT molecular complexity index is 589. The van der Waals surface area contributed by atoms with Gasteiger partial charge in [-0.1, -0.05) is 6.08 Å². The summed E-state index contributed by atoms with van der Waals surface area (Å²) in [4.78, 5) is 24.0. The number of ketones is 1. The number of aromatic hydroxyl groups is 2. The van der Waals surface area contributed by atoms with Crippen LogP contribution in [0.15, 0.2) is 24.3 Å². The summed E-state index contributed by atoms with van der Waals surface area (Å²) in [5.41, 5.74) is 0.300. The molecule has 1 atom stereocenters. The molecule has 0 unspecified atom stereocenters. The van der Waals surface area contributed by atoms with Gasteiger partial charge in [-0.05, 0) is 43.9 Å². The number of carbonyl (C=O) groups is 2. The zero-order valence-electron chi connectivity index (χ0n) is 11.8. The zero-order valence-corrected chi connectivity index (χ0v) is 11.8. The number of hydrogen-bond acceptors (Lipinski definition) is 5. The first-order chi connectivity index (χ1) is 9.97. The highest BCUT2D eigenvalue weighted by Crippen LogP contribution is 2.29. The first kappa shape index (κ1) is 15.1. The van der Waals surface area contributed by atoms with Gasteiger partial charge in [-0.2, -0.15) is 0 Å². The van der Waals surface area contributed by atoms with Gasteiger partial charge in [0.15, 0.2) is 5.78 Å². The van der Waals surface area contributed by atoms with Gasteiger partial charge in [0.25, 0.3) is 0 Å². The maximum atomic E-state index is 12.1. The van der Waals surface area contributed by atoms with Crippen molar-refractivity contribution >= 4 is 11.8 Å². The maximum absolute atomic E-state index is 12.1. The fourth-order valence-electron chi connectivity index (χ4n) is 2.37. The smallest absolute Gasteiger partial charge is 0.310 e. The van der Waals surface area contributed by atoms with Crippen molar-refractivity contribution in [2.24, 2.45) is 0 Å². The van der Waals surface area contributed by atoms with E-state index < -0.39 is 5.97 Å². The predicted octanol–water partition coefficient (Wildman–Crippen LogP) is 2.49. The summed E-state index contributed by atoms with van der Waals surface area (Å²) in [5, 5.41) is 19.4. The maximum Gasteiger partial charge on any atom is 0.310 e. The lowest BCUT2D eigenvalue weighted by atomic mass is 9.98. The average molecular weight is 290 g/mol. The number of benzene rings is 1. The summed E-state index contributed by atoms with van der Waals surface area (Å²) in [7, 11) is 0. The van der Waals surface area contributed by atoms with E-state index in [1.165, 1.54) is 12.1 Å². The minimum Gasteiger partial charge on any atom is -0.508 e. The second-order valence-electron chi connectivity index (χ2n) is 5.17. The molecule has 0 spiro atoms. The molecule has 0 aromatic heterocycles. The highest BCUT2D eigenvalue weighted by atomic mass is 16.5. The van der Waals surface area contributed by atoms with Crippen molar-refractivity contribution in [1.29, 1.82) is 0 Å². The molecule has 0 saturated heterocycles. The van der Waals surface area contributed by atoms with Gasteiger partial charge in [-0.25, -0.2) is 0 Å². The number of ether oxygens (including phenoxy) is 1. The van der Waals surface area contributed by atoms with E-state index in [-0.39, 0.29) is 40.9 Å². The summed E-state index contributed by atoms with van der Waals surface area (Å²) in [6, 6.07) is 2.39. The number of rotatable bonds is 0. The van der Waals surface area contributed by atoms with Crippen molar-refractivity contribution in [2.75, 3.05) is 0 Å². The number of esters is 1. The molecule has 0 radical (unpaired) electrons. The van der Waals surface area contributed by atoms with Crippen LogP contribution in [0.25, 0.3) is 0 Å². The number of fused-ring (bicyclic) bond motifs is 1. The molecule has 1 heterocycles. The normalized spacial score (nSPS) is 20.1. The van der Waals surface area contributed by atoms with Crippen molar-refractivity contribution in [3.8, 4) is 11.5 Å². The van der Waals surface area contributed by atoms with Gasteiger partial charge in [-0.15, -0.1) is 0 Å². The van der Waals surface area contributed by atoms with Crippen LogP contribution in [-0.4, -0.2) is 28.1 Å². The predicted molar refractivity (Wildman–Crippen MR) is 76.4 cm³/mol. The first-order valence-electron chi connectivity index (χ1n) is 6.92. The van der Waals surface area contributed by atoms with Crippen LogP contribution in [0.5, 0.6) is 11.5 Å². The Morgan fingerprint density at radius 1 is 1.24 bits per heavy atom. The quantitative estimate of drug-likeness (QED) is 0.717. The Hall–Kier alpha value is -2.30. The Kier molecular flexibility index (Phi) is 4.62. The van der Waals surface area contributed by atoms with Gasteiger partial charge in [0.1, 0.15) is 11.5 Å². The van der Waals surface area contributed by atoms with E-state index in [2.05, 4.69) is 0 Å². The third kappa shape index (κ3) is 3.84. The van der Waals surface area contributed by atoms with E-state index in [0.29, 0.717) is 6.42 Å². The lowest BCUT2D eigenvalue weighted by Crippen LogP contribution is -2.18. The average Bonchev–Trinajstić information content (AvgIpc) is 2.35. The summed E-state index contributed by atoms with van der Waals surface area (Å²) >= 11 is 0. The Morgan fingerprint density at radius 2 is 2.00 bits per heavy atom. The number of hydrogen-bond donors (Lipinski definition) is 2. The molecule has 0 bridgehead atoms. The SMILES string of the molecule is C[C@H]1CCCC=CC(=O)c2c(O)cc(O)cc2CC(=O)O1. The molecular formula is C16H18O5. The molecule has 112 valence electrons. The van der Waals surface area contributed by atoms with Crippen LogP contribution in [0.3, 0.4) is 0 Å². The molecule has 0 amide bonds. The van der Waals surface area contributed by atoms with E-state index in [1.54, 1.807) is 6.08 Å². The molecule has 1 aliphatic heterocycles. The zero-order chi connectivity index (χ0) is 15.4. The standard InChI is InChI=1S/C16H18O5/c1-10-5-3-2-4-6-13(18)16-11(8-15(20)21-10)7-12(17)9-14(16)19/h4,6-7,9-10,17,19H,2-3,5,8H2,1H3/t10-/m0/s1. The lowest BCUT2D eigenvalue weighted by Gasteiger charge is -2.15. The molecule has 1 aliphatic rings. The van der Waals surface area contributed by atoms with Gasteiger partial charge >= 0.3 is 5.97 Å². The van der Waals surface area contributed by atoms with Crippen LogP contribution in [0.4, 0.5) is 0 Å². The highest BCUT2D eigenvalue weighted by Gasteiger charge is 2.20. The first-order valence-corrected chi connectivity index (χ1v) is 6.92. The molecule has 1 aromatic rings. The van der Waals surface area contributed by atoms with Crippen LogP contribution in [0.1, 0.15) is 42.1 Å². The van der Waals surface area contributed by atoms with E-state index in [4.69, 9.17) is 4.74 Å². The summed E-state index contributed by atoms with van der Waals surface area (Å²) in [6.07, 6.45) is 5.01. The molecule has 0 fully saturated rings. The second-order valence-corrected chi connectivity index (χ2v) is 5.17. The fourth-order valence-corrected chi connectivity index (χ4v) is 2.37. The molecule has 5 nitrogen and oxygen atoms in total. The lowest BCUT2D eigenvalue weighted by molar-refractivity contribution is -0.147. The molecule has 5 heteroatoms. The molecular weight excluding hydrogens is 272 g/mol. The van der Waals surface area contributed by atoms with Crippen LogP contribution in [0, 0.1) is 0 Å². The topological polar surface area (TPSA) is 83.8 Å². The molecule has 1 aromatic carbocycles. The van der Waals surface area contributed by atoms with E-state index in [1.807, 2.05) is 6.92 Å². The molecule has 2 rings (SSSR count). The number of cyclic esters (lactones) is 1. The largest absolute Gasteiger partial charge is 0.508 e. The van der Waals surface area contributed by atoms with Crippen LogP contribution in [-0.2, 0) is 16.0 Å². The Labute approximate surface area is 122 Å². The van der Waals surface area contributed by atoms with Crippen molar-refractivity contribution in [3.63, 3.8) is 0 Å². The van der Waals surface area contributed by atoms with E-state index in [9.17, 15) is 19.8 Å². The minimum absolute atomic E-state index is 0.0363. The minimum atomic E-state index is -0.480. The van der Waals surface area contributed by atoms with Gasteiger partial charge in [-0.3, -0.25) is 9.59 Å². The van der Waals surface area contributed by atoms with Gasteiger partial charge < -0.3 is 14.9 Å². The third-order valence-corrected chi connectivity index (χ3v) is 3.35. The monoisotopic (exact) mass is 290 g/mol. The number of phenols is 2. The molecule has 0 aliphatic carbocycles. The number of allylic oxidation sites excluding steroid dienone is 2. The summed E-state index contributed by atoms with van der Waals surface area (Å²) in [6.45, 7) is 1.82. The Morgan fingerprint density at radius 3 is 2.76 bits per heavy atom. The van der Waals surface area contributed by atoms with Gasteiger partial charge in [0.05, 0.1) is 18.1 Å². The highest BCUT2D eigenvalue weighted by molar-refractivity contribution is 6.08. The van der Waals surface area contributed by atoms with Crippen molar-refractivity contribution < 1.29 is 24.5 Å². The summed E-state index contributed by atoms with van der Waals surface area (Å²) in [5.74, 6) is -1.40. The van der Waals surface area contributed by atoms with Gasteiger partial charge in [0.2, 0.25) is 0 Å². The number of carbonyl (C=O) groups excluding carboxylic acids is 2. The van der Waals surface area contributed by atoms with Crippen LogP contribution < -0.4 is 0 Å². The van der Waals surface area contributed by atoms with E-state index in [0.717, 1.165) is 18.9 Å². The number of phenolic OH excluding ortho intramolecular Hbond substituents is 2. The van der Waals surface area contributed by atoms with Crippen molar-refractivity contribution in [1.82, 2.24) is 0 Å². The van der Waals surface area contributed by atoms with Crippen molar-refractivity contribution in [3.05, 3.63) is 35.4 Å². The fraction of sp³-hybridized carbons (Fsp3) is 0.375. The van der Waals surface area contributed by atoms with Gasteiger partial charge in [0, 0.05) is 6.07 Å². The molecule has 21 heavy (non-hydrogen) atoms. The van der Waals surface area contributed by atoms with E-state index >= 15 is 0 Å². The summed E-state index contributed by atoms with van der Waals surface area (Å²) < 4.78 is 5.26.